The smallest absolute Gasteiger partial charge is 0.406 e. The standard InChI is InChI=1S/C31H24F9NO3/c32-29(33,34)42-25-13-6-11-23(16-25)28(18-21-8-2-1-3-9-21,24-12-7-14-26(17-24)43-30(35,36)37)20-41-19-22-10-4-5-15-27(22)44-31(38,39)40/h1-17,41H,18-20H2. The van der Waals surface area contributed by atoms with Crippen molar-refractivity contribution in [2.45, 2.75) is 37.5 Å². The van der Waals surface area contributed by atoms with Crippen molar-refractivity contribution in [3.63, 3.8) is 0 Å². The molecule has 0 spiro atoms. The second kappa shape index (κ2) is 13.1. The van der Waals surface area contributed by atoms with Gasteiger partial charge in [0.2, 0.25) is 0 Å². The highest BCUT2D eigenvalue weighted by Gasteiger charge is 2.38. The summed E-state index contributed by atoms with van der Waals surface area (Å²) in [6.45, 7) is -0.354. The Morgan fingerprint density at radius 2 is 1.02 bits per heavy atom. The van der Waals surface area contributed by atoms with Gasteiger partial charge in [0.1, 0.15) is 17.2 Å². The summed E-state index contributed by atoms with van der Waals surface area (Å²) in [7, 11) is 0. The molecule has 0 aromatic heterocycles. The molecule has 234 valence electrons. The first-order valence-electron chi connectivity index (χ1n) is 12.9. The van der Waals surface area contributed by atoms with Gasteiger partial charge in [0.25, 0.3) is 0 Å². The topological polar surface area (TPSA) is 39.7 Å². The average molecular weight is 630 g/mol. The Kier molecular flexibility index (Phi) is 9.67. The highest BCUT2D eigenvalue weighted by Crippen LogP contribution is 2.40. The molecule has 4 nitrogen and oxygen atoms in total. The van der Waals surface area contributed by atoms with E-state index in [1.165, 1.54) is 42.5 Å². The fourth-order valence-electron chi connectivity index (χ4n) is 4.85. The summed E-state index contributed by atoms with van der Waals surface area (Å²) in [6, 6.07) is 24.0. The maximum absolute atomic E-state index is 13.1. The largest absolute Gasteiger partial charge is 0.573 e. The van der Waals surface area contributed by atoms with Crippen LogP contribution in [0, 0.1) is 0 Å². The number of rotatable bonds is 11. The van der Waals surface area contributed by atoms with E-state index in [1.807, 2.05) is 0 Å². The molecule has 4 rings (SSSR count). The quantitative estimate of drug-likeness (QED) is 0.169. The highest BCUT2D eigenvalue weighted by atomic mass is 19.4. The predicted molar refractivity (Wildman–Crippen MR) is 142 cm³/mol. The second-order valence-electron chi connectivity index (χ2n) is 9.65. The van der Waals surface area contributed by atoms with E-state index in [4.69, 9.17) is 0 Å². The molecule has 13 heteroatoms. The van der Waals surface area contributed by atoms with Crippen molar-refractivity contribution in [2.75, 3.05) is 6.54 Å². The van der Waals surface area contributed by atoms with E-state index in [2.05, 4.69) is 19.5 Å². The molecule has 0 unspecified atom stereocenters. The first-order valence-corrected chi connectivity index (χ1v) is 12.9. The summed E-state index contributed by atoms with van der Waals surface area (Å²) in [5, 5.41) is 3.05. The molecule has 0 heterocycles. The van der Waals surface area contributed by atoms with E-state index in [0.717, 1.165) is 30.3 Å². The Morgan fingerprint density at radius 1 is 0.523 bits per heavy atom. The number of halogens is 9. The minimum Gasteiger partial charge on any atom is -0.406 e. The van der Waals surface area contributed by atoms with Crippen LogP contribution < -0.4 is 19.5 Å². The number of nitrogens with one attached hydrogen (secondary N) is 1. The van der Waals surface area contributed by atoms with Crippen LogP contribution in [0.4, 0.5) is 39.5 Å². The van der Waals surface area contributed by atoms with Crippen LogP contribution >= 0.6 is 0 Å². The summed E-state index contributed by atoms with van der Waals surface area (Å²) in [6.07, 6.45) is -15.0. The van der Waals surface area contributed by atoms with Crippen LogP contribution in [0.3, 0.4) is 0 Å². The minimum absolute atomic E-state index is 0.0481. The van der Waals surface area contributed by atoms with Gasteiger partial charge in [-0.1, -0.05) is 72.8 Å². The van der Waals surface area contributed by atoms with E-state index in [9.17, 15) is 39.5 Å². The lowest BCUT2D eigenvalue weighted by atomic mass is 9.70. The normalized spacial score (nSPS) is 12.6. The van der Waals surface area contributed by atoms with Crippen molar-refractivity contribution < 1.29 is 53.7 Å². The van der Waals surface area contributed by atoms with Crippen LogP contribution in [0.5, 0.6) is 17.2 Å². The van der Waals surface area contributed by atoms with Crippen LogP contribution in [-0.4, -0.2) is 25.6 Å². The van der Waals surface area contributed by atoms with Gasteiger partial charge < -0.3 is 19.5 Å². The molecule has 0 saturated heterocycles. The molecule has 0 aliphatic heterocycles. The maximum atomic E-state index is 13.1. The fourth-order valence-corrected chi connectivity index (χ4v) is 4.85. The monoisotopic (exact) mass is 629 g/mol. The van der Waals surface area contributed by atoms with Crippen molar-refractivity contribution >= 4 is 0 Å². The van der Waals surface area contributed by atoms with E-state index >= 15 is 0 Å². The summed E-state index contributed by atoms with van der Waals surface area (Å²) >= 11 is 0. The van der Waals surface area contributed by atoms with Crippen molar-refractivity contribution in [1.29, 1.82) is 0 Å². The molecular weight excluding hydrogens is 605 g/mol. The molecule has 0 amide bonds. The number of benzene rings is 4. The molecule has 0 aliphatic rings. The van der Waals surface area contributed by atoms with Gasteiger partial charge in [-0.2, -0.15) is 0 Å². The van der Waals surface area contributed by atoms with Crippen molar-refractivity contribution in [3.8, 4) is 17.2 Å². The SMILES string of the molecule is FC(F)(F)Oc1cccc(C(CNCc2ccccc2OC(F)(F)F)(Cc2ccccc2)c2cccc(OC(F)(F)F)c2)c1. The van der Waals surface area contributed by atoms with Crippen LogP contribution in [-0.2, 0) is 18.4 Å². The zero-order valence-electron chi connectivity index (χ0n) is 22.6. The molecule has 0 atom stereocenters. The van der Waals surface area contributed by atoms with Crippen LogP contribution in [0.1, 0.15) is 22.3 Å². The summed E-state index contributed by atoms with van der Waals surface area (Å²) in [5.41, 5.74) is -0.169. The van der Waals surface area contributed by atoms with Crippen molar-refractivity contribution in [3.05, 3.63) is 125 Å². The second-order valence-corrected chi connectivity index (χ2v) is 9.65. The molecule has 0 fully saturated rings. The molecule has 4 aromatic rings. The van der Waals surface area contributed by atoms with Gasteiger partial charge in [0, 0.05) is 24.1 Å². The third kappa shape index (κ3) is 9.30. The minimum atomic E-state index is -5.03. The van der Waals surface area contributed by atoms with Gasteiger partial charge in [0.05, 0.1) is 0 Å². The summed E-state index contributed by atoms with van der Waals surface area (Å²) in [5.74, 6) is -1.61. The number of hydrogen-bond donors (Lipinski definition) is 1. The van der Waals surface area contributed by atoms with Gasteiger partial charge in [-0.05, 0) is 53.4 Å². The Hall–Kier alpha value is -4.39. The van der Waals surface area contributed by atoms with Crippen molar-refractivity contribution in [1.82, 2.24) is 5.32 Å². The Bertz CT molecular complexity index is 1460. The summed E-state index contributed by atoms with van der Waals surface area (Å²) in [4.78, 5) is 0. The van der Waals surface area contributed by atoms with Gasteiger partial charge in [-0.25, -0.2) is 0 Å². The molecule has 1 N–H and O–H groups in total. The molecule has 4 aromatic carbocycles. The Labute approximate surface area is 246 Å². The number of para-hydroxylation sites is 1. The summed E-state index contributed by atoms with van der Waals surface area (Å²) < 4.78 is 130. The van der Waals surface area contributed by atoms with Crippen LogP contribution in [0.2, 0.25) is 0 Å². The van der Waals surface area contributed by atoms with Gasteiger partial charge in [-0.15, -0.1) is 39.5 Å². The van der Waals surface area contributed by atoms with Gasteiger partial charge >= 0.3 is 19.1 Å². The molecule has 44 heavy (non-hydrogen) atoms. The average Bonchev–Trinajstić information content (AvgIpc) is 2.91. The fraction of sp³-hybridized carbons (Fsp3) is 0.226. The number of alkyl halides is 9. The first kappa shape index (κ1) is 32.5. The Morgan fingerprint density at radius 3 is 1.55 bits per heavy atom. The predicted octanol–water partition coefficient (Wildman–Crippen LogP) is 8.70. The Balaban J connectivity index is 1.83. The lowest BCUT2D eigenvalue weighted by molar-refractivity contribution is -0.275. The van der Waals surface area contributed by atoms with Crippen LogP contribution in [0.15, 0.2) is 103 Å². The molecule has 0 aliphatic carbocycles. The first-order chi connectivity index (χ1) is 20.6. The number of ether oxygens (including phenoxy) is 3. The lowest BCUT2D eigenvalue weighted by Crippen LogP contribution is -2.41. The lowest BCUT2D eigenvalue weighted by Gasteiger charge is -2.36. The molecular formula is C31H24F9NO3. The van der Waals surface area contributed by atoms with Crippen molar-refractivity contribution in [2.24, 2.45) is 0 Å². The van der Waals surface area contributed by atoms with Gasteiger partial charge in [0.15, 0.2) is 0 Å². The third-order valence-corrected chi connectivity index (χ3v) is 6.53. The third-order valence-electron chi connectivity index (χ3n) is 6.53. The highest BCUT2D eigenvalue weighted by molar-refractivity contribution is 5.47. The van der Waals surface area contributed by atoms with E-state index in [0.29, 0.717) is 5.56 Å². The van der Waals surface area contributed by atoms with E-state index < -0.39 is 41.8 Å². The zero-order valence-corrected chi connectivity index (χ0v) is 22.6. The molecule has 0 saturated carbocycles. The van der Waals surface area contributed by atoms with Gasteiger partial charge in [-0.3, -0.25) is 0 Å². The molecule has 0 bridgehead atoms. The molecule has 0 radical (unpaired) electrons. The number of hydrogen-bond acceptors (Lipinski definition) is 4. The van der Waals surface area contributed by atoms with Crippen LogP contribution in [0.25, 0.3) is 0 Å². The van der Waals surface area contributed by atoms with E-state index in [1.54, 1.807) is 30.3 Å². The maximum Gasteiger partial charge on any atom is 0.573 e. The zero-order chi connectivity index (χ0) is 32.0. The van der Waals surface area contributed by atoms with E-state index in [-0.39, 0.29) is 36.2 Å².